The summed E-state index contributed by atoms with van der Waals surface area (Å²) in [6.07, 6.45) is 14.0. The van der Waals surface area contributed by atoms with E-state index in [2.05, 4.69) is 22.4 Å². The molecule has 2 nitrogen and oxygen atoms in total. The van der Waals surface area contributed by atoms with E-state index in [1.807, 2.05) is 0 Å². The van der Waals surface area contributed by atoms with Crippen LogP contribution in [0.5, 0.6) is 0 Å². The Balaban J connectivity index is 2.91. The fourth-order valence-corrected chi connectivity index (χ4v) is 2.03. The van der Waals surface area contributed by atoms with Gasteiger partial charge in [0.05, 0.1) is 5.16 Å². The minimum absolute atomic E-state index is 0.354. The van der Waals surface area contributed by atoms with E-state index in [0.717, 1.165) is 19.4 Å². The molecule has 0 aromatic heterocycles. The standard InChI is InChI=1S/C14H27NOS/c16-13-11-9-7-5-3-1-2-4-6-8-10-12-15-14-17/h16H,1-13H2. The van der Waals surface area contributed by atoms with Crippen LogP contribution in [0.4, 0.5) is 0 Å². The third-order valence-electron chi connectivity index (χ3n) is 2.99. The van der Waals surface area contributed by atoms with E-state index in [-0.39, 0.29) is 0 Å². The van der Waals surface area contributed by atoms with Gasteiger partial charge in [-0.05, 0) is 25.1 Å². The minimum atomic E-state index is 0.354. The van der Waals surface area contributed by atoms with Crippen molar-refractivity contribution in [2.75, 3.05) is 13.2 Å². The maximum absolute atomic E-state index is 8.63. The van der Waals surface area contributed by atoms with Crippen molar-refractivity contribution < 1.29 is 5.11 Å². The van der Waals surface area contributed by atoms with E-state index in [0.29, 0.717) is 6.61 Å². The second kappa shape index (κ2) is 15.8. The molecule has 0 aliphatic heterocycles. The SMILES string of the molecule is OCCCCCCCCCCCCCN=C=S. The van der Waals surface area contributed by atoms with Gasteiger partial charge in [0.25, 0.3) is 0 Å². The molecular formula is C14H27NOS. The third-order valence-corrected chi connectivity index (χ3v) is 3.12. The summed E-state index contributed by atoms with van der Waals surface area (Å²) in [5.74, 6) is 0. The maximum atomic E-state index is 8.63. The van der Waals surface area contributed by atoms with E-state index in [4.69, 9.17) is 5.11 Å². The Morgan fingerprint density at radius 3 is 1.53 bits per heavy atom. The van der Waals surface area contributed by atoms with Crippen LogP contribution in [0.1, 0.15) is 70.6 Å². The second-order valence-corrected chi connectivity index (χ2v) is 4.77. The molecule has 0 atom stereocenters. The molecule has 0 aliphatic rings. The van der Waals surface area contributed by atoms with Gasteiger partial charge in [-0.3, -0.25) is 0 Å². The first-order valence-corrected chi connectivity index (χ1v) is 7.47. The molecule has 0 aliphatic carbocycles. The van der Waals surface area contributed by atoms with Crippen LogP contribution in [0.2, 0.25) is 0 Å². The highest BCUT2D eigenvalue weighted by molar-refractivity contribution is 7.78. The van der Waals surface area contributed by atoms with Crippen molar-refractivity contribution in [1.29, 1.82) is 0 Å². The number of thiocarbonyl (C=S) groups is 1. The maximum Gasteiger partial charge on any atom is 0.0584 e. The lowest BCUT2D eigenvalue weighted by Gasteiger charge is -2.01. The number of hydrogen-bond donors (Lipinski definition) is 1. The van der Waals surface area contributed by atoms with E-state index < -0.39 is 0 Å². The molecule has 100 valence electrons. The molecule has 0 bridgehead atoms. The van der Waals surface area contributed by atoms with Gasteiger partial charge < -0.3 is 5.11 Å². The van der Waals surface area contributed by atoms with Crippen LogP contribution in [0.15, 0.2) is 4.99 Å². The molecule has 0 amide bonds. The first kappa shape index (κ1) is 16.8. The lowest BCUT2D eigenvalue weighted by Crippen LogP contribution is -1.85. The largest absolute Gasteiger partial charge is 0.396 e. The number of hydrogen-bond acceptors (Lipinski definition) is 3. The smallest absolute Gasteiger partial charge is 0.0584 e. The Labute approximate surface area is 112 Å². The number of unbranched alkanes of at least 4 members (excludes halogenated alkanes) is 10. The minimum Gasteiger partial charge on any atom is -0.396 e. The summed E-state index contributed by atoms with van der Waals surface area (Å²) in [7, 11) is 0. The van der Waals surface area contributed by atoms with Crippen LogP contribution < -0.4 is 0 Å². The Kier molecular flexibility index (Phi) is 15.5. The van der Waals surface area contributed by atoms with Crippen molar-refractivity contribution >= 4 is 17.4 Å². The zero-order chi connectivity index (χ0) is 12.6. The fourth-order valence-electron chi connectivity index (χ4n) is 1.94. The van der Waals surface area contributed by atoms with Crippen molar-refractivity contribution in [2.24, 2.45) is 4.99 Å². The van der Waals surface area contributed by atoms with E-state index in [1.54, 1.807) is 0 Å². The summed E-state index contributed by atoms with van der Waals surface area (Å²) in [5, 5.41) is 11.0. The summed E-state index contributed by atoms with van der Waals surface area (Å²) >= 11 is 4.51. The molecule has 0 aromatic rings. The van der Waals surface area contributed by atoms with Gasteiger partial charge in [-0.15, -0.1) is 0 Å². The number of nitrogens with zero attached hydrogens (tertiary/aromatic N) is 1. The summed E-state index contributed by atoms with van der Waals surface area (Å²) in [5.41, 5.74) is 0. The number of rotatable bonds is 13. The van der Waals surface area contributed by atoms with Crippen LogP contribution in [0.25, 0.3) is 0 Å². The molecule has 0 unspecified atom stereocenters. The summed E-state index contributed by atoms with van der Waals surface area (Å²) in [4.78, 5) is 3.90. The number of aliphatic hydroxyl groups is 1. The van der Waals surface area contributed by atoms with Gasteiger partial charge >= 0.3 is 0 Å². The Bertz CT molecular complexity index is 191. The monoisotopic (exact) mass is 257 g/mol. The third kappa shape index (κ3) is 15.8. The molecule has 0 saturated heterocycles. The molecule has 0 heterocycles. The van der Waals surface area contributed by atoms with Crippen molar-refractivity contribution in [2.45, 2.75) is 70.6 Å². The van der Waals surface area contributed by atoms with Gasteiger partial charge in [0.1, 0.15) is 0 Å². The van der Waals surface area contributed by atoms with Crippen LogP contribution in [-0.4, -0.2) is 23.4 Å². The normalized spacial score (nSPS) is 10.2. The predicted octanol–water partition coefficient (Wildman–Crippen LogP) is 4.37. The highest BCUT2D eigenvalue weighted by Gasteiger charge is 1.92. The quantitative estimate of drug-likeness (QED) is 0.302. The number of aliphatic imine (C=N–C) groups is 1. The van der Waals surface area contributed by atoms with Crippen molar-refractivity contribution in [1.82, 2.24) is 0 Å². The zero-order valence-corrected chi connectivity index (χ0v) is 11.8. The van der Waals surface area contributed by atoms with Crippen LogP contribution in [0.3, 0.4) is 0 Å². The van der Waals surface area contributed by atoms with Gasteiger partial charge in [0.15, 0.2) is 0 Å². The van der Waals surface area contributed by atoms with E-state index in [1.165, 1.54) is 57.8 Å². The average molecular weight is 257 g/mol. The van der Waals surface area contributed by atoms with Crippen LogP contribution >= 0.6 is 12.2 Å². The molecule has 0 radical (unpaired) electrons. The van der Waals surface area contributed by atoms with Gasteiger partial charge in [-0.2, -0.15) is 0 Å². The van der Waals surface area contributed by atoms with Gasteiger partial charge in [-0.25, -0.2) is 4.99 Å². The van der Waals surface area contributed by atoms with E-state index >= 15 is 0 Å². The molecular weight excluding hydrogens is 230 g/mol. The first-order valence-electron chi connectivity index (χ1n) is 7.06. The van der Waals surface area contributed by atoms with Gasteiger partial charge in [-0.1, -0.05) is 57.8 Å². The highest BCUT2D eigenvalue weighted by Crippen LogP contribution is 2.11. The lowest BCUT2D eigenvalue weighted by molar-refractivity contribution is 0.282. The van der Waals surface area contributed by atoms with Crippen molar-refractivity contribution in [3.63, 3.8) is 0 Å². The van der Waals surface area contributed by atoms with E-state index in [9.17, 15) is 0 Å². The predicted molar refractivity (Wildman–Crippen MR) is 77.8 cm³/mol. The zero-order valence-electron chi connectivity index (χ0n) is 11.0. The highest BCUT2D eigenvalue weighted by atomic mass is 32.1. The van der Waals surface area contributed by atoms with Crippen LogP contribution in [0, 0.1) is 0 Å². The van der Waals surface area contributed by atoms with Crippen LogP contribution in [-0.2, 0) is 0 Å². The molecule has 0 spiro atoms. The number of aliphatic hydroxyl groups excluding tert-OH is 1. The molecule has 0 fully saturated rings. The Morgan fingerprint density at radius 1 is 0.706 bits per heavy atom. The Hall–Kier alpha value is -0.240. The second-order valence-electron chi connectivity index (χ2n) is 4.59. The van der Waals surface area contributed by atoms with Crippen molar-refractivity contribution in [3.8, 4) is 0 Å². The lowest BCUT2D eigenvalue weighted by atomic mass is 10.1. The summed E-state index contributed by atoms with van der Waals surface area (Å²) < 4.78 is 0. The summed E-state index contributed by atoms with van der Waals surface area (Å²) in [6, 6.07) is 0. The molecule has 17 heavy (non-hydrogen) atoms. The first-order chi connectivity index (χ1) is 8.41. The number of isothiocyanates is 1. The van der Waals surface area contributed by atoms with Gasteiger partial charge in [0.2, 0.25) is 0 Å². The molecule has 3 heteroatoms. The Morgan fingerprint density at radius 2 is 1.12 bits per heavy atom. The topological polar surface area (TPSA) is 32.6 Å². The molecule has 0 rings (SSSR count). The van der Waals surface area contributed by atoms with Gasteiger partial charge in [0, 0.05) is 13.2 Å². The average Bonchev–Trinajstić information content (AvgIpc) is 2.35. The molecule has 0 aromatic carbocycles. The summed E-state index contributed by atoms with van der Waals surface area (Å²) in [6.45, 7) is 1.21. The fraction of sp³-hybridized carbons (Fsp3) is 0.929. The molecule has 0 saturated carbocycles. The molecule has 1 N–H and O–H groups in total. The van der Waals surface area contributed by atoms with Crippen molar-refractivity contribution in [3.05, 3.63) is 0 Å².